The largest absolute Gasteiger partial charge is 0.502 e. The molecule has 0 bridgehead atoms. The summed E-state index contributed by atoms with van der Waals surface area (Å²) in [5, 5.41) is 20.4. The monoisotopic (exact) mass is 329 g/mol. The number of nitrogens with one attached hydrogen (secondary N) is 1. The van der Waals surface area contributed by atoms with Crippen molar-refractivity contribution in [2.24, 2.45) is 0 Å². The van der Waals surface area contributed by atoms with Gasteiger partial charge in [0.25, 0.3) is 5.88 Å². The molecule has 1 aromatic carbocycles. The minimum atomic E-state index is -1.49. The van der Waals surface area contributed by atoms with Crippen molar-refractivity contribution < 1.29 is 33.3 Å². The number of carboxylic acid groups (broad SMARTS) is 1. The van der Waals surface area contributed by atoms with Gasteiger partial charge in [0.1, 0.15) is 5.82 Å². The number of aromatic hydroxyl groups is 1. The fraction of sp³-hybridized carbons (Fsp3) is 0.0769. The second kappa shape index (κ2) is 5.94. The molecule has 0 fully saturated rings. The van der Waals surface area contributed by atoms with Crippen molar-refractivity contribution in [1.82, 2.24) is 0 Å². The average Bonchev–Trinajstić information content (AvgIpc) is 2.70. The average molecular weight is 330 g/mol. The van der Waals surface area contributed by atoms with Gasteiger partial charge in [-0.2, -0.15) is 0 Å². The Labute approximate surface area is 127 Å². The van der Waals surface area contributed by atoms with Gasteiger partial charge < -0.3 is 19.4 Å². The first-order valence-electron chi connectivity index (χ1n) is 5.79. The van der Waals surface area contributed by atoms with E-state index in [1.54, 1.807) is 0 Å². The van der Waals surface area contributed by atoms with Gasteiger partial charge in [-0.15, -0.1) is 0 Å². The summed E-state index contributed by atoms with van der Waals surface area (Å²) in [5.74, 6) is -3.32. The van der Waals surface area contributed by atoms with Gasteiger partial charge in [0, 0.05) is 12.5 Å². The number of anilines is 1. The van der Waals surface area contributed by atoms with Gasteiger partial charge in [-0.1, -0.05) is 11.6 Å². The van der Waals surface area contributed by atoms with Crippen LogP contribution in [-0.2, 0) is 4.79 Å². The van der Waals surface area contributed by atoms with Crippen LogP contribution in [0.3, 0.4) is 0 Å². The quantitative estimate of drug-likeness (QED) is 0.744. The van der Waals surface area contributed by atoms with Gasteiger partial charge in [-0.25, -0.2) is 9.18 Å². The zero-order valence-corrected chi connectivity index (χ0v) is 11.8. The molecular weight excluding hydrogens is 321 g/mol. The molecule has 22 heavy (non-hydrogen) atoms. The number of hydrogen-bond acceptors (Lipinski definition) is 5. The number of benzene rings is 1. The maximum absolute atomic E-state index is 13.2. The van der Waals surface area contributed by atoms with E-state index in [1.807, 2.05) is 5.32 Å². The smallest absolute Gasteiger partial charge is 0.411 e. The Kier molecular flexibility index (Phi) is 4.22. The SMILES string of the molecule is CC(=O)Oc1c(NC(=O)O)oc(-c2ccc(F)c(Cl)c2)c1O. The molecule has 1 heterocycles. The molecule has 9 heteroatoms. The van der Waals surface area contributed by atoms with E-state index in [-0.39, 0.29) is 16.3 Å². The Morgan fingerprint density at radius 3 is 2.64 bits per heavy atom. The van der Waals surface area contributed by atoms with Crippen molar-refractivity contribution in [1.29, 1.82) is 0 Å². The third-order valence-electron chi connectivity index (χ3n) is 2.49. The van der Waals surface area contributed by atoms with E-state index < -0.39 is 35.3 Å². The predicted molar refractivity (Wildman–Crippen MR) is 73.7 cm³/mol. The summed E-state index contributed by atoms with van der Waals surface area (Å²) in [5.41, 5.74) is 0.163. The summed E-state index contributed by atoms with van der Waals surface area (Å²) in [6.45, 7) is 1.06. The normalized spacial score (nSPS) is 10.3. The molecule has 0 atom stereocenters. The topological polar surface area (TPSA) is 109 Å². The Bertz CT molecular complexity index is 757. The van der Waals surface area contributed by atoms with Crippen LogP contribution in [0.25, 0.3) is 11.3 Å². The second-order valence-electron chi connectivity index (χ2n) is 4.09. The Morgan fingerprint density at radius 2 is 2.09 bits per heavy atom. The van der Waals surface area contributed by atoms with E-state index in [2.05, 4.69) is 0 Å². The van der Waals surface area contributed by atoms with Crippen LogP contribution in [0.15, 0.2) is 22.6 Å². The van der Waals surface area contributed by atoms with Gasteiger partial charge >= 0.3 is 12.1 Å². The van der Waals surface area contributed by atoms with E-state index >= 15 is 0 Å². The van der Waals surface area contributed by atoms with Gasteiger partial charge in [0.2, 0.25) is 11.5 Å². The van der Waals surface area contributed by atoms with Gasteiger partial charge in [-0.05, 0) is 18.2 Å². The van der Waals surface area contributed by atoms with Crippen LogP contribution in [0, 0.1) is 5.82 Å². The molecule has 1 aromatic heterocycles. The molecule has 3 N–H and O–H groups in total. The number of carbonyl (C=O) groups excluding carboxylic acids is 1. The molecule has 1 amide bonds. The maximum Gasteiger partial charge on any atom is 0.411 e. The lowest BCUT2D eigenvalue weighted by Gasteiger charge is -2.01. The lowest BCUT2D eigenvalue weighted by atomic mass is 10.1. The van der Waals surface area contributed by atoms with Crippen LogP contribution in [0.4, 0.5) is 15.1 Å². The fourth-order valence-corrected chi connectivity index (χ4v) is 1.84. The molecule has 0 aliphatic rings. The molecule has 0 unspecified atom stereocenters. The van der Waals surface area contributed by atoms with Crippen molar-refractivity contribution in [2.45, 2.75) is 6.92 Å². The van der Waals surface area contributed by atoms with E-state index in [0.29, 0.717) is 0 Å². The second-order valence-corrected chi connectivity index (χ2v) is 4.50. The predicted octanol–water partition coefficient (Wildman–Crippen LogP) is 3.46. The van der Waals surface area contributed by atoms with Crippen molar-refractivity contribution in [3.8, 4) is 22.8 Å². The molecule has 0 radical (unpaired) electrons. The van der Waals surface area contributed by atoms with Gasteiger partial charge in [0.15, 0.2) is 5.76 Å². The number of halogens is 2. The Hall–Kier alpha value is -2.74. The minimum Gasteiger partial charge on any atom is -0.502 e. The third-order valence-corrected chi connectivity index (χ3v) is 2.78. The summed E-state index contributed by atoms with van der Waals surface area (Å²) in [6.07, 6.45) is -1.49. The highest BCUT2D eigenvalue weighted by Gasteiger charge is 2.25. The molecule has 2 aromatic rings. The summed E-state index contributed by atoms with van der Waals surface area (Å²) in [7, 11) is 0. The number of rotatable bonds is 3. The number of esters is 1. The fourth-order valence-electron chi connectivity index (χ4n) is 1.66. The Morgan fingerprint density at radius 1 is 1.41 bits per heavy atom. The van der Waals surface area contributed by atoms with Crippen LogP contribution in [0.2, 0.25) is 5.02 Å². The first kappa shape index (κ1) is 15.6. The van der Waals surface area contributed by atoms with Crippen LogP contribution >= 0.6 is 11.6 Å². The first-order valence-corrected chi connectivity index (χ1v) is 6.17. The van der Waals surface area contributed by atoms with E-state index in [0.717, 1.165) is 19.1 Å². The number of ether oxygens (including phenoxy) is 1. The summed E-state index contributed by atoms with van der Waals surface area (Å²) < 4.78 is 23.0. The molecule has 0 aliphatic heterocycles. The molecule has 0 saturated heterocycles. The molecule has 7 nitrogen and oxygen atoms in total. The molecule has 0 spiro atoms. The third kappa shape index (κ3) is 3.12. The minimum absolute atomic E-state index is 0.163. The maximum atomic E-state index is 13.2. The zero-order valence-electron chi connectivity index (χ0n) is 11.0. The highest BCUT2D eigenvalue weighted by Crippen LogP contribution is 2.46. The Balaban J connectivity index is 2.56. The number of amides is 1. The summed E-state index contributed by atoms with van der Waals surface area (Å²) in [6, 6.07) is 3.45. The van der Waals surface area contributed by atoms with Crippen molar-refractivity contribution in [3.05, 3.63) is 29.0 Å². The van der Waals surface area contributed by atoms with Crippen molar-refractivity contribution in [3.63, 3.8) is 0 Å². The van der Waals surface area contributed by atoms with Crippen LogP contribution < -0.4 is 10.1 Å². The van der Waals surface area contributed by atoms with Crippen molar-refractivity contribution in [2.75, 3.05) is 5.32 Å². The first-order chi connectivity index (χ1) is 10.3. The zero-order chi connectivity index (χ0) is 16.4. The van der Waals surface area contributed by atoms with Gasteiger partial charge in [-0.3, -0.25) is 10.1 Å². The molecule has 0 aliphatic carbocycles. The highest BCUT2D eigenvalue weighted by atomic mass is 35.5. The van der Waals surface area contributed by atoms with E-state index in [1.165, 1.54) is 6.07 Å². The molecular formula is C13H9ClFNO6. The van der Waals surface area contributed by atoms with Crippen LogP contribution in [-0.4, -0.2) is 22.3 Å². The molecule has 0 saturated carbocycles. The molecule has 116 valence electrons. The van der Waals surface area contributed by atoms with Crippen LogP contribution in [0.5, 0.6) is 11.5 Å². The molecule has 2 rings (SSSR count). The number of furan rings is 1. The van der Waals surface area contributed by atoms with E-state index in [4.69, 9.17) is 25.9 Å². The summed E-state index contributed by atoms with van der Waals surface area (Å²) >= 11 is 5.64. The highest BCUT2D eigenvalue weighted by molar-refractivity contribution is 6.31. The lowest BCUT2D eigenvalue weighted by Crippen LogP contribution is -2.09. The van der Waals surface area contributed by atoms with Crippen LogP contribution in [0.1, 0.15) is 6.92 Å². The van der Waals surface area contributed by atoms with E-state index in [9.17, 15) is 19.1 Å². The number of carbonyl (C=O) groups is 2. The summed E-state index contributed by atoms with van der Waals surface area (Å²) in [4.78, 5) is 21.7. The standard InChI is InChI=1S/C13H9ClFNO6/c1-5(17)21-11-9(18)10(22-12(11)16-13(19)20)6-2-3-8(15)7(14)4-6/h2-4,16,18H,1H3,(H,19,20). The van der Waals surface area contributed by atoms with Gasteiger partial charge in [0.05, 0.1) is 5.02 Å². The lowest BCUT2D eigenvalue weighted by molar-refractivity contribution is -0.132. The van der Waals surface area contributed by atoms with Crippen molar-refractivity contribution >= 4 is 29.5 Å². The number of hydrogen-bond donors (Lipinski definition) is 3.